The minimum absolute atomic E-state index is 0.0168. The number of hydrogen-bond donors (Lipinski definition) is 5. The van der Waals surface area contributed by atoms with Crippen LogP contribution in [0.4, 0.5) is 5.82 Å². The summed E-state index contributed by atoms with van der Waals surface area (Å²) >= 11 is 0. The molecule has 0 aliphatic carbocycles. The second-order valence-corrected chi connectivity index (χ2v) is 7.75. The fraction of sp³-hybridized carbons (Fsp3) is 0.280. The molecule has 176 valence electrons. The molecule has 9 heteroatoms. The number of anilines is 1. The van der Waals surface area contributed by atoms with E-state index in [9.17, 15) is 9.59 Å². The minimum atomic E-state index is -0.370. The number of aliphatic hydroxyl groups excluding tert-OH is 1. The van der Waals surface area contributed by atoms with Crippen LogP contribution in [0.15, 0.2) is 42.7 Å². The predicted molar refractivity (Wildman–Crippen MR) is 131 cm³/mol. The standard InChI is InChI=1S/C25H28N6O3/c1-28-14-20(13-26)19-12-22(23(27)29-15-19)24(33)30-21-9-10-31(16-21)25(34)18-7-5-17(6-8-18)4-2-3-11-32/h5-8,12-15,21,26,28,32H,3,9-11,16H2,1H3,(H2,27,29)(H,30,33)/b20-14+,26-13?. The van der Waals surface area contributed by atoms with Gasteiger partial charge in [0.2, 0.25) is 0 Å². The van der Waals surface area contributed by atoms with Crippen LogP contribution in [-0.4, -0.2) is 65.8 Å². The van der Waals surface area contributed by atoms with Gasteiger partial charge in [0.15, 0.2) is 0 Å². The number of rotatable bonds is 7. The van der Waals surface area contributed by atoms with Gasteiger partial charge in [-0.05, 0) is 36.8 Å². The fourth-order valence-electron chi connectivity index (χ4n) is 3.60. The molecule has 0 spiro atoms. The van der Waals surface area contributed by atoms with Crippen molar-refractivity contribution in [3.05, 3.63) is 65.0 Å². The number of aliphatic hydroxyl groups is 1. The maximum Gasteiger partial charge on any atom is 0.255 e. The zero-order valence-electron chi connectivity index (χ0n) is 19.0. The van der Waals surface area contributed by atoms with Crippen molar-refractivity contribution >= 4 is 29.4 Å². The van der Waals surface area contributed by atoms with E-state index in [0.717, 1.165) is 5.56 Å². The molecule has 0 saturated carbocycles. The summed E-state index contributed by atoms with van der Waals surface area (Å²) in [6, 6.07) is 8.41. The summed E-state index contributed by atoms with van der Waals surface area (Å²) in [5.41, 5.74) is 8.64. The molecule has 9 nitrogen and oxygen atoms in total. The molecule has 0 radical (unpaired) electrons. The summed E-state index contributed by atoms with van der Waals surface area (Å²) in [7, 11) is 1.72. The average molecular weight is 461 g/mol. The molecule has 1 unspecified atom stereocenters. The maximum atomic E-state index is 12.9. The number of allylic oxidation sites excluding steroid dienone is 1. The summed E-state index contributed by atoms with van der Waals surface area (Å²) in [5.74, 6) is 5.41. The number of hydrogen-bond acceptors (Lipinski definition) is 7. The predicted octanol–water partition coefficient (Wildman–Crippen LogP) is 1.25. The molecule has 34 heavy (non-hydrogen) atoms. The number of pyridine rings is 1. The van der Waals surface area contributed by atoms with Gasteiger partial charge in [-0.1, -0.05) is 11.8 Å². The Morgan fingerprint density at radius 3 is 2.76 bits per heavy atom. The highest BCUT2D eigenvalue weighted by Crippen LogP contribution is 2.19. The van der Waals surface area contributed by atoms with E-state index in [1.807, 2.05) is 0 Å². The van der Waals surface area contributed by atoms with Crippen molar-refractivity contribution in [2.45, 2.75) is 18.9 Å². The lowest BCUT2D eigenvalue weighted by Gasteiger charge is -2.18. The number of nitrogens with two attached hydrogens (primary N) is 1. The number of amides is 2. The summed E-state index contributed by atoms with van der Waals surface area (Å²) in [6.45, 7) is 0.933. The number of nitrogens with one attached hydrogen (secondary N) is 3. The molecule has 1 saturated heterocycles. The molecule has 2 amide bonds. The second-order valence-electron chi connectivity index (χ2n) is 7.75. The Balaban J connectivity index is 1.63. The monoisotopic (exact) mass is 460 g/mol. The first-order valence-corrected chi connectivity index (χ1v) is 10.9. The third-order valence-electron chi connectivity index (χ3n) is 5.36. The molecular formula is C25H28N6O3. The maximum absolute atomic E-state index is 12.9. The highest BCUT2D eigenvalue weighted by atomic mass is 16.2. The Bertz CT molecular complexity index is 1150. The van der Waals surface area contributed by atoms with Crippen LogP contribution in [0.1, 0.15) is 44.7 Å². The molecule has 2 heterocycles. The zero-order chi connectivity index (χ0) is 24.5. The lowest BCUT2D eigenvalue weighted by atomic mass is 10.1. The van der Waals surface area contributed by atoms with Crippen molar-refractivity contribution < 1.29 is 14.7 Å². The number of likely N-dealkylation sites (tertiary alicyclic amines) is 1. The van der Waals surface area contributed by atoms with Gasteiger partial charge in [0.05, 0.1) is 12.2 Å². The van der Waals surface area contributed by atoms with Gasteiger partial charge in [-0.2, -0.15) is 0 Å². The molecule has 0 bridgehead atoms. The first-order chi connectivity index (χ1) is 16.5. The number of aromatic nitrogens is 1. The Kier molecular flexibility index (Phi) is 8.37. The van der Waals surface area contributed by atoms with Crippen LogP contribution in [-0.2, 0) is 0 Å². The smallest absolute Gasteiger partial charge is 0.255 e. The molecule has 1 aliphatic heterocycles. The van der Waals surface area contributed by atoms with E-state index in [1.54, 1.807) is 48.5 Å². The first-order valence-electron chi connectivity index (χ1n) is 10.9. The highest BCUT2D eigenvalue weighted by Gasteiger charge is 2.28. The van der Waals surface area contributed by atoms with E-state index in [1.165, 1.54) is 12.4 Å². The van der Waals surface area contributed by atoms with Crippen LogP contribution in [0.3, 0.4) is 0 Å². The van der Waals surface area contributed by atoms with E-state index < -0.39 is 0 Å². The summed E-state index contributed by atoms with van der Waals surface area (Å²) in [5, 5.41) is 22.1. The van der Waals surface area contributed by atoms with Crippen LogP contribution in [0, 0.1) is 17.3 Å². The molecule has 3 rings (SSSR count). The van der Waals surface area contributed by atoms with Crippen molar-refractivity contribution in [2.75, 3.05) is 32.5 Å². The number of nitrogens with zero attached hydrogens (tertiary/aromatic N) is 2. The quantitative estimate of drug-likeness (QED) is 0.311. The molecule has 1 aromatic heterocycles. The Hall–Kier alpha value is -4.16. The fourth-order valence-corrected chi connectivity index (χ4v) is 3.60. The SMILES string of the molecule is CN/C=C(\C=N)c1cnc(N)c(C(=O)NC2CCN(C(=O)c3ccc(C#CCCO)cc3)C2)c1. The molecule has 1 fully saturated rings. The van der Waals surface area contributed by atoms with Gasteiger partial charge in [-0.3, -0.25) is 9.59 Å². The van der Waals surface area contributed by atoms with Crippen molar-refractivity contribution in [1.29, 1.82) is 5.41 Å². The molecule has 1 atom stereocenters. The van der Waals surface area contributed by atoms with Gasteiger partial charge in [0, 0.05) is 73.5 Å². The average Bonchev–Trinajstić information content (AvgIpc) is 3.31. The summed E-state index contributed by atoms with van der Waals surface area (Å²) in [4.78, 5) is 31.6. The number of nitrogen functional groups attached to an aromatic ring is 1. The van der Waals surface area contributed by atoms with Crippen LogP contribution in [0.25, 0.3) is 5.57 Å². The van der Waals surface area contributed by atoms with Crippen molar-refractivity contribution in [3.63, 3.8) is 0 Å². The van der Waals surface area contributed by atoms with Gasteiger partial charge in [-0.15, -0.1) is 0 Å². The normalized spacial score (nSPS) is 15.3. The Morgan fingerprint density at radius 2 is 2.09 bits per heavy atom. The van der Waals surface area contributed by atoms with Crippen molar-refractivity contribution in [2.24, 2.45) is 0 Å². The Labute approximate surface area is 198 Å². The third kappa shape index (κ3) is 5.99. The van der Waals surface area contributed by atoms with Crippen LogP contribution < -0.4 is 16.4 Å². The number of benzene rings is 1. The van der Waals surface area contributed by atoms with E-state index >= 15 is 0 Å². The largest absolute Gasteiger partial charge is 0.395 e. The first kappa shape index (κ1) is 24.5. The highest BCUT2D eigenvalue weighted by molar-refractivity contribution is 6.09. The summed E-state index contributed by atoms with van der Waals surface area (Å²) < 4.78 is 0. The van der Waals surface area contributed by atoms with Gasteiger partial charge in [0.25, 0.3) is 11.8 Å². The van der Waals surface area contributed by atoms with E-state index in [0.29, 0.717) is 42.6 Å². The molecule has 2 aromatic rings. The minimum Gasteiger partial charge on any atom is -0.395 e. The van der Waals surface area contributed by atoms with Crippen molar-refractivity contribution in [1.82, 2.24) is 20.5 Å². The topological polar surface area (TPSA) is 144 Å². The van der Waals surface area contributed by atoms with E-state index in [-0.39, 0.29) is 35.8 Å². The molecule has 1 aliphatic rings. The lowest BCUT2D eigenvalue weighted by Crippen LogP contribution is -2.38. The van der Waals surface area contributed by atoms with Crippen molar-refractivity contribution in [3.8, 4) is 11.8 Å². The van der Waals surface area contributed by atoms with Crippen LogP contribution in [0.2, 0.25) is 0 Å². The zero-order valence-corrected chi connectivity index (χ0v) is 19.0. The molecule has 1 aromatic carbocycles. The van der Waals surface area contributed by atoms with E-state index in [2.05, 4.69) is 27.5 Å². The number of carbonyl (C=O) groups excluding carboxylic acids is 2. The summed E-state index contributed by atoms with van der Waals surface area (Å²) in [6.07, 6.45) is 5.35. The third-order valence-corrected chi connectivity index (χ3v) is 5.36. The number of carbonyl (C=O) groups is 2. The van der Waals surface area contributed by atoms with Gasteiger partial charge in [-0.25, -0.2) is 4.98 Å². The van der Waals surface area contributed by atoms with Crippen LogP contribution >= 0.6 is 0 Å². The van der Waals surface area contributed by atoms with Gasteiger partial charge in [0.1, 0.15) is 5.82 Å². The van der Waals surface area contributed by atoms with Gasteiger partial charge >= 0.3 is 0 Å². The second kappa shape index (κ2) is 11.6. The molecule has 6 N–H and O–H groups in total. The Morgan fingerprint density at radius 1 is 1.32 bits per heavy atom. The van der Waals surface area contributed by atoms with Gasteiger partial charge < -0.3 is 31.8 Å². The lowest BCUT2D eigenvalue weighted by molar-refractivity contribution is 0.0783. The van der Waals surface area contributed by atoms with E-state index in [4.69, 9.17) is 16.2 Å². The molecular weight excluding hydrogens is 432 g/mol. The van der Waals surface area contributed by atoms with Crippen LogP contribution in [0.5, 0.6) is 0 Å².